The number of unbranched alkanes of at least 4 members (excludes halogenated alkanes) is 27. The lowest BCUT2D eigenvalue weighted by molar-refractivity contribution is -0.122. The van der Waals surface area contributed by atoms with Crippen LogP contribution in [0.3, 0.4) is 0 Å². The molecule has 7 unspecified atom stereocenters. The maximum absolute atomic E-state index is 13.6. The zero-order chi connectivity index (χ0) is 48.6. The highest BCUT2D eigenvalue weighted by atomic mass is 16.1. The van der Waals surface area contributed by atoms with E-state index in [0.29, 0.717) is 29.1 Å². The van der Waals surface area contributed by atoms with Crippen LogP contribution in [0.2, 0.25) is 0 Å². The Morgan fingerprint density at radius 3 is 1.40 bits per heavy atom. The van der Waals surface area contributed by atoms with E-state index in [1.807, 2.05) is 0 Å². The molecule has 4 aliphatic rings. The second kappa shape index (κ2) is 36.3. The van der Waals surface area contributed by atoms with Gasteiger partial charge in [-0.25, -0.2) is 0 Å². The van der Waals surface area contributed by atoms with Crippen molar-refractivity contribution in [2.75, 3.05) is 45.8 Å². The molecule has 400 valence electrons. The van der Waals surface area contributed by atoms with Gasteiger partial charge in [-0.15, -0.1) is 0 Å². The minimum atomic E-state index is 0.311. The molecule has 0 aromatic rings. The van der Waals surface area contributed by atoms with Gasteiger partial charge in [0.2, 0.25) is 5.91 Å². The van der Waals surface area contributed by atoms with Gasteiger partial charge in [0.1, 0.15) is 0 Å². The van der Waals surface area contributed by atoms with Gasteiger partial charge < -0.3 is 15.1 Å². The molecule has 0 aliphatic heterocycles. The average molecular weight is 951 g/mol. The third-order valence-corrected chi connectivity index (χ3v) is 20.1. The van der Waals surface area contributed by atoms with Crippen LogP contribution in [0, 0.1) is 46.3 Å². The molecular weight excluding hydrogens is 827 g/mol. The second-order valence-corrected chi connectivity index (χ2v) is 25.2. The number of amides is 1. The summed E-state index contributed by atoms with van der Waals surface area (Å²) in [4.78, 5) is 19.2. The van der Waals surface area contributed by atoms with Crippen molar-refractivity contribution in [2.24, 2.45) is 46.3 Å². The van der Waals surface area contributed by atoms with Crippen LogP contribution in [0.15, 0.2) is 0 Å². The number of hydrogen-bond acceptors (Lipinski definition) is 3. The first-order valence-corrected chi connectivity index (χ1v) is 32.0. The lowest BCUT2D eigenvalue weighted by Gasteiger charge is -2.61. The molecule has 4 saturated carbocycles. The van der Waals surface area contributed by atoms with Gasteiger partial charge in [-0.1, -0.05) is 228 Å². The third-order valence-electron chi connectivity index (χ3n) is 20.1. The lowest BCUT2D eigenvalue weighted by Crippen LogP contribution is -2.53. The molecule has 4 aliphatic carbocycles. The fraction of sp³-hybridized carbons (Fsp3) is 0.984. The Bertz CT molecular complexity index is 1200. The van der Waals surface area contributed by atoms with Crippen LogP contribution in [0.4, 0.5) is 0 Å². The minimum absolute atomic E-state index is 0.311. The summed E-state index contributed by atoms with van der Waals surface area (Å²) in [5.41, 5.74) is 1.13. The minimum Gasteiger partial charge on any atom is -0.355 e. The van der Waals surface area contributed by atoms with Crippen molar-refractivity contribution in [3.8, 4) is 0 Å². The van der Waals surface area contributed by atoms with Crippen molar-refractivity contribution >= 4 is 5.91 Å². The number of carbonyl (C=O) groups excluding carboxylic acids is 1. The molecule has 4 fully saturated rings. The summed E-state index contributed by atoms with van der Waals surface area (Å²) in [6.07, 6.45) is 58.9. The Hall–Kier alpha value is -0.610. The van der Waals surface area contributed by atoms with E-state index in [-0.39, 0.29) is 0 Å². The van der Waals surface area contributed by atoms with Gasteiger partial charge in [0.25, 0.3) is 0 Å². The summed E-state index contributed by atoms with van der Waals surface area (Å²) in [6, 6.07) is 0. The molecule has 4 nitrogen and oxygen atoms in total. The van der Waals surface area contributed by atoms with Crippen LogP contribution >= 0.6 is 0 Å². The van der Waals surface area contributed by atoms with E-state index in [4.69, 9.17) is 0 Å². The van der Waals surface area contributed by atoms with Gasteiger partial charge in [0.15, 0.2) is 0 Å². The number of nitrogens with zero attached hydrogens (tertiary/aromatic N) is 2. The Labute approximate surface area is 427 Å². The molecule has 4 heteroatoms. The van der Waals surface area contributed by atoms with E-state index in [9.17, 15) is 4.79 Å². The Balaban J connectivity index is 1.22. The molecule has 0 heterocycles. The van der Waals surface area contributed by atoms with Crippen LogP contribution in [-0.4, -0.2) is 61.5 Å². The molecule has 1 amide bonds. The zero-order valence-electron chi connectivity index (χ0n) is 47.4. The predicted octanol–water partition coefficient (Wildman–Crippen LogP) is 18.9. The van der Waals surface area contributed by atoms with E-state index in [0.717, 1.165) is 55.6 Å². The molecule has 0 aromatic carbocycles. The second-order valence-electron chi connectivity index (χ2n) is 25.2. The van der Waals surface area contributed by atoms with E-state index < -0.39 is 0 Å². The number of fused-ring (bicyclic) bond motifs is 5. The van der Waals surface area contributed by atoms with Crippen molar-refractivity contribution in [3.05, 3.63) is 0 Å². The number of rotatable bonds is 43. The van der Waals surface area contributed by atoms with Gasteiger partial charge in [0.05, 0.1) is 0 Å². The van der Waals surface area contributed by atoms with Crippen LogP contribution in [0.1, 0.15) is 311 Å². The van der Waals surface area contributed by atoms with Gasteiger partial charge in [0, 0.05) is 32.6 Å². The molecule has 0 bridgehead atoms. The summed E-state index contributed by atoms with van der Waals surface area (Å²) in [5, 5.41) is 3.47. The van der Waals surface area contributed by atoms with Crippen LogP contribution in [0.5, 0.6) is 0 Å². The summed E-state index contributed by atoms with van der Waals surface area (Å²) in [5.74, 6) is 5.67. The van der Waals surface area contributed by atoms with Crippen molar-refractivity contribution in [1.82, 2.24) is 15.1 Å². The fourth-order valence-corrected chi connectivity index (χ4v) is 15.7. The van der Waals surface area contributed by atoms with E-state index >= 15 is 0 Å². The van der Waals surface area contributed by atoms with Gasteiger partial charge in [-0.2, -0.15) is 0 Å². The number of hydrogen-bond donors (Lipinski definition) is 1. The zero-order valence-corrected chi connectivity index (χ0v) is 47.4. The molecule has 4 rings (SSSR count). The maximum Gasteiger partial charge on any atom is 0.220 e. The summed E-state index contributed by atoms with van der Waals surface area (Å²) >= 11 is 0. The highest BCUT2D eigenvalue weighted by molar-refractivity contribution is 5.75. The fourth-order valence-electron chi connectivity index (χ4n) is 15.7. The van der Waals surface area contributed by atoms with E-state index in [2.05, 4.69) is 56.7 Å². The van der Waals surface area contributed by atoms with E-state index in [1.165, 1.54) is 283 Å². The molecule has 68 heavy (non-hydrogen) atoms. The SMILES string of the molecule is CCCCCCCCCCCCN(CCCCCCCCCCCC)CCN(CCCCCCCCCCCC)CCNC(=O)CC[C@@H](C)C1CCC2C3CCC4CCCCC4(C)C3CCC21C. The molecule has 0 radical (unpaired) electrons. The predicted molar refractivity (Wildman–Crippen MR) is 300 cm³/mol. The van der Waals surface area contributed by atoms with Gasteiger partial charge in [-0.05, 0) is 143 Å². The van der Waals surface area contributed by atoms with Crippen molar-refractivity contribution in [2.45, 2.75) is 311 Å². The maximum atomic E-state index is 13.6. The molecule has 1 N–H and O–H groups in total. The monoisotopic (exact) mass is 950 g/mol. The summed E-state index contributed by atoms with van der Waals surface area (Å²) < 4.78 is 0. The quantitative estimate of drug-likeness (QED) is 0.0619. The van der Waals surface area contributed by atoms with Crippen LogP contribution < -0.4 is 5.32 Å². The molecule has 0 saturated heterocycles. The smallest absolute Gasteiger partial charge is 0.220 e. The highest BCUT2D eigenvalue weighted by Gasteiger charge is 2.60. The Kier molecular flexibility index (Phi) is 32.0. The number of nitrogens with one attached hydrogen (secondary N) is 1. The summed E-state index contributed by atoms with van der Waals surface area (Å²) in [6.45, 7) is 22.9. The topological polar surface area (TPSA) is 35.6 Å². The molecule has 8 atom stereocenters. The number of carbonyl (C=O) groups is 1. The molecule has 0 spiro atoms. The first-order chi connectivity index (χ1) is 33.3. The standard InChI is InChI=1S/C64H123N3O/c1-7-10-13-16-19-22-25-28-31-36-50-66(51-37-32-29-26-23-20-17-14-11-8-2)54-55-67(52-38-33-30-27-24-21-18-15-12-9-3)53-49-65-62(68)45-40-56(4)59-43-44-60-58-42-41-57-39-34-35-47-63(57,5)61(58)46-48-64(59,60)6/h56-61H,7-55H2,1-6H3,(H,65,68)/t56-,57?,58?,59?,60?,61?,63?,64?/m1/s1. The Morgan fingerprint density at radius 2 is 0.912 bits per heavy atom. The average Bonchev–Trinajstić information content (AvgIpc) is 3.70. The van der Waals surface area contributed by atoms with Crippen molar-refractivity contribution < 1.29 is 4.79 Å². The lowest BCUT2D eigenvalue weighted by atomic mass is 9.44. The third kappa shape index (κ3) is 21.9. The van der Waals surface area contributed by atoms with Crippen LogP contribution in [-0.2, 0) is 4.79 Å². The summed E-state index contributed by atoms with van der Waals surface area (Å²) in [7, 11) is 0. The molecule has 0 aromatic heterocycles. The van der Waals surface area contributed by atoms with Crippen molar-refractivity contribution in [1.29, 1.82) is 0 Å². The highest BCUT2D eigenvalue weighted by Crippen LogP contribution is 2.68. The first kappa shape index (κ1) is 59.9. The normalized spacial score (nSPS) is 26.3. The van der Waals surface area contributed by atoms with Crippen molar-refractivity contribution in [3.63, 3.8) is 0 Å². The first-order valence-electron chi connectivity index (χ1n) is 32.0. The van der Waals surface area contributed by atoms with Crippen LogP contribution in [0.25, 0.3) is 0 Å². The van der Waals surface area contributed by atoms with E-state index in [1.54, 1.807) is 0 Å². The van der Waals surface area contributed by atoms with Gasteiger partial charge in [-0.3, -0.25) is 4.79 Å². The largest absolute Gasteiger partial charge is 0.355 e. The van der Waals surface area contributed by atoms with Gasteiger partial charge >= 0.3 is 0 Å². The molecular formula is C64H123N3O. The Morgan fingerprint density at radius 1 is 0.471 bits per heavy atom.